The van der Waals surface area contributed by atoms with Gasteiger partial charge in [-0.15, -0.1) is 0 Å². The molecule has 3 aromatic rings. The molecule has 0 saturated carbocycles. The molecule has 0 aromatic heterocycles. The maximum Gasteiger partial charge on any atom is 0.264 e. The molecule has 0 spiro atoms. The van der Waals surface area contributed by atoms with Crippen LogP contribution in [0.3, 0.4) is 0 Å². The highest BCUT2D eigenvalue weighted by Crippen LogP contribution is 2.26. The van der Waals surface area contributed by atoms with E-state index in [1.807, 2.05) is 52.0 Å². The van der Waals surface area contributed by atoms with Gasteiger partial charge in [0.05, 0.1) is 10.6 Å². The minimum atomic E-state index is -4.09. The summed E-state index contributed by atoms with van der Waals surface area (Å²) in [5, 5.41) is 2.94. The van der Waals surface area contributed by atoms with Gasteiger partial charge >= 0.3 is 0 Å². The molecule has 3 rings (SSSR count). The van der Waals surface area contributed by atoms with Crippen LogP contribution in [0.1, 0.15) is 43.9 Å². The summed E-state index contributed by atoms with van der Waals surface area (Å²) in [5.74, 6) is -0.774. The molecule has 208 valence electrons. The van der Waals surface area contributed by atoms with E-state index in [2.05, 4.69) is 21.2 Å². The molecule has 0 aliphatic heterocycles. The van der Waals surface area contributed by atoms with Crippen LogP contribution in [0.25, 0.3) is 0 Å². The smallest absolute Gasteiger partial charge is 0.264 e. The van der Waals surface area contributed by atoms with Gasteiger partial charge in [0.25, 0.3) is 10.0 Å². The summed E-state index contributed by atoms with van der Waals surface area (Å²) < 4.78 is 29.6. The van der Waals surface area contributed by atoms with E-state index in [1.165, 1.54) is 17.0 Å². The lowest BCUT2D eigenvalue weighted by atomic mass is 10.1. The Bertz CT molecular complexity index is 1390. The van der Waals surface area contributed by atoms with E-state index in [9.17, 15) is 18.0 Å². The summed E-state index contributed by atoms with van der Waals surface area (Å²) in [5.41, 5.74) is 3.14. The molecule has 0 fully saturated rings. The maximum absolute atomic E-state index is 13.9. The SMILES string of the molecule is CC[C@@H](C)NC(=O)[C@H](C)N(Cc1cccc(C)c1)C(=O)CN(c1ccc(Br)cc1)S(=O)(=O)c1ccc(C)cc1. The fourth-order valence-electron chi connectivity index (χ4n) is 4.03. The summed E-state index contributed by atoms with van der Waals surface area (Å²) in [4.78, 5) is 28.6. The van der Waals surface area contributed by atoms with E-state index in [4.69, 9.17) is 0 Å². The second kappa shape index (κ2) is 13.3. The van der Waals surface area contributed by atoms with Crippen LogP contribution in [0.4, 0.5) is 5.69 Å². The first-order chi connectivity index (χ1) is 18.4. The Morgan fingerprint density at radius 2 is 1.56 bits per heavy atom. The summed E-state index contributed by atoms with van der Waals surface area (Å²) in [7, 11) is -4.09. The van der Waals surface area contributed by atoms with E-state index in [0.717, 1.165) is 31.9 Å². The number of benzene rings is 3. The molecule has 7 nitrogen and oxygen atoms in total. The van der Waals surface area contributed by atoms with Crippen LogP contribution in [-0.4, -0.2) is 43.8 Å². The second-order valence-corrected chi connectivity index (χ2v) is 12.6. The zero-order valence-corrected chi connectivity index (χ0v) is 25.4. The summed E-state index contributed by atoms with van der Waals surface area (Å²) >= 11 is 3.39. The number of nitrogens with zero attached hydrogens (tertiary/aromatic N) is 2. The number of carbonyl (C=O) groups excluding carboxylic acids is 2. The number of rotatable bonds is 11. The van der Waals surface area contributed by atoms with Crippen LogP contribution >= 0.6 is 15.9 Å². The first kappa shape index (κ1) is 30.4. The van der Waals surface area contributed by atoms with Gasteiger partial charge in [0.2, 0.25) is 11.8 Å². The van der Waals surface area contributed by atoms with Gasteiger partial charge in [-0.05, 0) is 76.1 Å². The minimum absolute atomic E-state index is 0.0583. The van der Waals surface area contributed by atoms with Gasteiger partial charge in [-0.1, -0.05) is 70.4 Å². The second-order valence-electron chi connectivity index (χ2n) is 9.81. The van der Waals surface area contributed by atoms with Crippen molar-refractivity contribution in [2.45, 2.75) is 64.6 Å². The lowest BCUT2D eigenvalue weighted by molar-refractivity contribution is -0.139. The van der Waals surface area contributed by atoms with Crippen molar-refractivity contribution in [3.63, 3.8) is 0 Å². The highest BCUT2D eigenvalue weighted by molar-refractivity contribution is 9.10. The Balaban J connectivity index is 2.02. The van der Waals surface area contributed by atoms with Gasteiger partial charge in [-0.2, -0.15) is 0 Å². The van der Waals surface area contributed by atoms with Crippen molar-refractivity contribution in [1.82, 2.24) is 10.2 Å². The molecule has 9 heteroatoms. The normalized spacial score (nSPS) is 12.9. The summed E-state index contributed by atoms with van der Waals surface area (Å²) in [6, 6.07) is 20.1. The van der Waals surface area contributed by atoms with Crippen LogP contribution in [-0.2, 0) is 26.2 Å². The highest BCUT2D eigenvalue weighted by atomic mass is 79.9. The molecular weight excluding hydrogens is 578 g/mol. The van der Waals surface area contributed by atoms with Gasteiger partial charge in [-0.3, -0.25) is 13.9 Å². The van der Waals surface area contributed by atoms with Gasteiger partial charge < -0.3 is 10.2 Å². The lowest BCUT2D eigenvalue weighted by Crippen LogP contribution is -2.52. The summed E-state index contributed by atoms with van der Waals surface area (Å²) in [6.07, 6.45) is 0.746. The molecule has 0 saturated heterocycles. The molecular formula is C30H36BrN3O4S. The minimum Gasteiger partial charge on any atom is -0.352 e. The monoisotopic (exact) mass is 613 g/mol. The van der Waals surface area contributed by atoms with E-state index in [-0.39, 0.29) is 23.4 Å². The van der Waals surface area contributed by atoms with Crippen molar-refractivity contribution in [2.75, 3.05) is 10.8 Å². The number of anilines is 1. The molecule has 1 N–H and O–H groups in total. The van der Waals surface area contributed by atoms with Gasteiger partial charge in [0.15, 0.2) is 0 Å². The summed E-state index contributed by atoms with van der Waals surface area (Å²) in [6.45, 7) is 9.07. The average Bonchev–Trinajstić information content (AvgIpc) is 2.90. The fraction of sp³-hybridized carbons (Fsp3) is 0.333. The van der Waals surface area contributed by atoms with Crippen molar-refractivity contribution in [3.8, 4) is 0 Å². The third-order valence-electron chi connectivity index (χ3n) is 6.61. The van der Waals surface area contributed by atoms with Crippen molar-refractivity contribution >= 4 is 43.5 Å². The number of halogens is 1. The molecule has 2 amide bonds. The Labute approximate surface area is 240 Å². The van der Waals surface area contributed by atoms with Crippen molar-refractivity contribution in [2.24, 2.45) is 0 Å². The van der Waals surface area contributed by atoms with Crippen molar-refractivity contribution < 1.29 is 18.0 Å². The van der Waals surface area contributed by atoms with Crippen LogP contribution in [0.15, 0.2) is 82.2 Å². The molecule has 0 unspecified atom stereocenters. The molecule has 2 atom stereocenters. The van der Waals surface area contributed by atoms with Crippen molar-refractivity contribution in [1.29, 1.82) is 0 Å². The zero-order chi connectivity index (χ0) is 28.7. The predicted molar refractivity (Wildman–Crippen MR) is 159 cm³/mol. The number of hydrogen-bond acceptors (Lipinski definition) is 4. The molecule has 3 aromatic carbocycles. The van der Waals surface area contributed by atoms with Crippen LogP contribution in [0.2, 0.25) is 0 Å². The topological polar surface area (TPSA) is 86.8 Å². The van der Waals surface area contributed by atoms with E-state index in [0.29, 0.717) is 5.69 Å². The Kier molecular flexibility index (Phi) is 10.3. The largest absolute Gasteiger partial charge is 0.352 e. The Hall–Kier alpha value is -3.17. The zero-order valence-electron chi connectivity index (χ0n) is 23.0. The number of hydrogen-bond donors (Lipinski definition) is 1. The first-order valence-corrected chi connectivity index (χ1v) is 15.2. The Morgan fingerprint density at radius 1 is 0.923 bits per heavy atom. The molecule has 0 radical (unpaired) electrons. The fourth-order valence-corrected chi connectivity index (χ4v) is 5.71. The van der Waals surface area contributed by atoms with E-state index < -0.39 is 28.5 Å². The third-order valence-corrected chi connectivity index (χ3v) is 8.92. The molecule has 0 aliphatic rings. The van der Waals surface area contributed by atoms with Crippen LogP contribution in [0.5, 0.6) is 0 Å². The number of amides is 2. The molecule has 0 aliphatic carbocycles. The highest BCUT2D eigenvalue weighted by Gasteiger charge is 2.32. The third kappa shape index (κ3) is 7.92. The van der Waals surface area contributed by atoms with E-state index >= 15 is 0 Å². The number of aryl methyl sites for hydroxylation is 2. The Morgan fingerprint density at radius 3 is 2.15 bits per heavy atom. The molecule has 0 bridgehead atoms. The quantitative estimate of drug-likeness (QED) is 0.305. The van der Waals surface area contributed by atoms with Gasteiger partial charge in [0.1, 0.15) is 12.6 Å². The van der Waals surface area contributed by atoms with E-state index in [1.54, 1.807) is 43.3 Å². The maximum atomic E-state index is 13.9. The van der Waals surface area contributed by atoms with Crippen LogP contribution < -0.4 is 9.62 Å². The number of sulfonamides is 1. The van der Waals surface area contributed by atoms with Crippen LogP contribution in [0, 0.1) is 13.8 Å². The standard InChI is InChI=1S/C30H36BrN3O4S/c1-6-23(4)32-30(36)24(5)33(19-25-9-7-8-22(3)18-25)29(35)20-34(27-14-12-26(31)13-15-27)39(37,38)28-16-10-21(2)11-17-28/h7-18,23-24H,6,19-20H2,1-5H3,(H,32,36)/t23-,24+/m1/s1. The van der Waals surface area contributed by atoms with Gasteiger partial charge in [0, 0.05) is 17.1 Å². The van der Waals surface area contributed by atoms with Crippen molar-refractivity contribution in [3.05, 3.63) is 94.0 Å². The molecule has 0 heterocycles. The molecule has 39 heavy (non-hydrogen) atoms. The first-order valence-electron chi connectivity index (χ1n) is 12.9. The lowest BCUT2D eigenvalue weighted by Gasteiger charge is -2.32. The van der Waals surface area contributed by atoms with Gasteiger partial charge in [-0.25, -0.2) is 8.42 Å². The number of carbonyl (C=O) groups is 2. The predicted octanol–water partition coefficient (Wildman–Crippen LogP) is 5.59. The number of nitrogens with one attached hydrogen (secondary N) is 1. The average molecular weight is 615 g/mol.